The maximum Gasteiger partial charge on any atom is 0.120 e. The lowest BCUT2D eigenvalue weighted by molar-refractivity contribution is 1.06. The summed E-state index contributed by atoms with van der Waals surface area (Å²) >= 11 is 3.84. The van der Waals surface area contributed by atoms with Gasteiger partial charge in [0.2, 0.25) is 0 Å². The van der Waals surface area contributed by atoms with Crippen molar-refractivity contribution in [2.75, 3.05) is 0 Å². The van der Waals surface area contributed by atoms with Crippen LogP contribution in [-0.4, -0.2) is 0 Å². The second kappa shape index (κ2) is 9.65. The van der Waals surface area contributed by atoms with Crippen LogP contribution in [-0.2, 0) is 4.08 Å². The van der Waals surface area contributed by atoms with E-state index in [0.29, 0.717) is 0 Å². The first kappa shape index (κ1) is 22.0. The van der Waals surface area contributed by atoms with Crippen LogP contribution >= 0.6 is 23.5 Å². The van der Waals surface area contributed by atoms with Gasteiger partial charge in [0.1, 0.15) is 4.08 Å². The lowest BCUT2D eigenvalue weighted by atomic mass is 10.0. The molecule has 0 saturated carbocycles. The fourth-order valence-electron chi connectivity index (χ4n) is 4.53. The van der Waals surface area contributed by atoms with E-state index in [-0.39, 0.29) is 4.08 Å². The van der Waals surface area contributed by atoms with Gasteiger partial charge in [0.05, 0.1) is 0 Å². The SMILES string of the molecule is c1ccc(C(Sc2ccc3ccccc3c2)(Sc2ccc3ccccc3c2)c2ccccc2)cc1. The number of rotatable bonds is 6. The minimum Gasteiger partial charge on any atom is -0.0981 e. The normalized spacial score (nSPS) is 11.7. The van der Waals surface area contributed by atoms with E-state index in [4.69, 9.17) is 0 Å². The number of benzene rings is 6. The molecule has 168 valence electrons. The van der Waals surface area contributed by atoms with E-state index >= 15 is 0 Å². The highest BCUT2D eigenvalue weighted by atomic mass is 32.2. The Hall–Kier alpha value is -3.46. The topological polar surface area (TPSA) is 0 Å². The Balaban J connectivity index is 1.54. The minimum atomic E-state index is -0.354. The smallest absolute Gasteiger partial charge is 0.0981 e. The van der Waals surface area contributed by atoms with Gasteiger partial charge in [-0.05, 0) is 56.9 Å². The van der Waals surface area contributed by atoms with Crippen molar-refractivity contribution in [2.24, 2.45) is 0 Å². The summed E-state index contributed by atoms with van der Waals surface area (Å²) in [5.41, 5.74) is 2.56. The second-order valence-electron chi connectivity index (χ2n) is 8.57. The molecule has 0 heterocycles. The average Bonchev–Trinajstić information content (AvgIpc) is 2.93. The van der Waals surface area contributed by atoms with Crippen molar-refractivity contribution in [1.29, 1.82) is 0 Å². The van der Waals surface area contributed by atoms with Crippen molar-refractivity contribution in [1.82, 2.24) is 0 Å². The Labute approximate surface area is 215 Å². The first-order valence-electron chi connectivity index (χ1n) is 11.8. The van der Waals surface area contributed by atoms with Gasteiger partial charge < -0.3 is 0 Å². The van der Waals surface area contributed by atoms with Crippen LogP contribution in [0.2, 0.25) is 0 Å². The first-order chi connectivity index (χ1) is 17.3. The molecule has 6 rings (SSSR count). The van der Waals surface area contributed by atoms with Crippen LogP contribution < -0.4 is 0 Å². The van der Waals surface area contributed by atoms with Crippen molar-refractivity contribution < 1.29 is 0 Å². The maximum atomic E-state index is 2.32. The van der Waals surface area contributed by atoms with E-state index in [2.05, 4.69) is 146 Å². The van der Waals surface area contributed by atoms with Gasteiger partial charge in [-0.15, -0.1) is 0 Å². The molecule has 0 fully saturated rings. The highest BCUT2D eigenvalue weighted by Gasteiger charge is 2.37. The number of thioether (sulfide) groups is 2. The molecule has 0 aliphatic carbocycles. The Kier molecular flexibility index (Phi) is 6.08. The van der Waals surface area contributed by atoms with Crippen molar-refractivity contribution in [2.45, 2.75) is 13.9 Å². The lowest BCUT2D eigenvalue weighted by Crippen LogP contribution is -2.19. The summed E-state index contributed by atoms with van der Waals surface area (Å²) in [6, 6.07) is 52.6. The zero-order valence-electron chi connectivity index (χ0n) is 19.2. The van der Waals surface area contributed by atoms with E-state index < -0.39 is 0 Å². The molecule has 0 amide bonds. The molecule has 0 unspecified atom stereocenters. The monoisotopic (exact) mass is 484 g/mol. The Morgan fingerprint density at radius 2 is 0.714 bits per heavy atom. The predicted molar refractivity (Wildman–Crippen MR) is 153 cm³/mol. The quantitative estimate of drug-likeness (QED) is 0.170. The third-order valence-corrected chi connectivity index (χ3v) is 9.27. The molecule has 0 spiro atoms. The van der Waals surface area contributed by atoms with Gasteiger partial charge in [0, 0.05) is 9.79 Å². The van der Waals surface area contributed by atoms with Crippen molar-refractivity contribution in [3.63, 3.8) is 0 Å². The maximum absolute atomic E-state index is 2.32. The highest BCUT2D eigenvalue weighted by Crippen LogP contribution is 2.57. The molecule has 0 saturated heterocycles. The minimum absolute atomic E-state index is 0.354. The van der Waals surface area contributed by atoms with Crippen molar-refractivity contribution >= 4 is 45.1 Å². The van der Waals surface area contributed by atoms with E-state index in [0.717, 1.165) is 0 Å². The van der Waals surface area contributed by atoms with Gasteiger partial charge in [0.25, 0.3) is 0 Å². The second-order valence-corrected chi connectivity index (χ2v) is 11.4. The van der Waals surface area contributed by atoms with E-state index in [1.807, 2.05) is 23.5 Å². The van der Waals surface area contributed by atoms with Crippen molar-refractivity contribution in [3.05, 3.63) is 157 Å². The number of hydrogen-bond donors (Lipinski definition) is 0. The highest BCUT2D eigenvalue weighted by molar-refractivity contribution is 8.17. The van der Waals surface area contributed by atoms with Gasteiger partial charge in [-0.25, -0.2) is 0 Å². The Bertz CT molecular complexity index is 1470. The zero-order chi connectivity index (χ0) is 23.5. The molecule has 0 aromatic heterocycles. The van der Waals surface area contributed by atoms with Crippen LogP contribution in [0.1, 0.15) is 11.1 Å². The molecule has 0 nitrogen and oxygen atoms in total. The van der Waals surface area contributed by atoms with Crippen LogP contribution in [0, 0.1) is 0 Å². The van der Waals surface area contributed by atoms with Crippen molar-refractivity contribution in [3.8, 4) is 0 Å². The number of fused-ring (bicyclic) bond motifs is 2. The lowest BCUT2D eigenvalue weighted by Gasteiger charge is -2.34. The molecular formula is C33H24S2. The predicted octanol–water partition coefficient (Wildman–Crippen LogP) is 9.78. The van der Waals surface area contributed by atoms with E-state index in [9.17, 15) is 0 Å². The standard InChI is InChI=1S/C33H24S2/c1-3-15-29(16-4-1)33(30-17-5-2-6-18-30,34-31-21-19-25-11-7-9-13-27(25)23-31)35-32-22-20-26-12-8-10-14-28(26)24-32/h1-24H. The van der Waals surface area contributed by atoms with Gasteiger partial charge in [-0.3, -0.25) is 0 Å². The molecule has 0 N–H and O–H groups in total. The summed E-state index contributed by atoms with van der Waals surface area (Å²) in [4.78, 5) is 2.51. The third-order valence-electron chi connectivity index (χ3n) is 6.27. The van der Waals surface area contributed by atoms with Gasteiger partial charge >= 0.3 is 0 Å². The van der Waals surface area contributed by atoms with Gasteiger partial charge in [0.15, 0.2) is 0 Å². The summed E-state index contributed by atoms with van der Waals surface area (Å²) in [6.45, 7) is 0. The molecule has 0 radical (unpaired) electrons. The largest absolute Gasteiger partial charge is 0.120 e. The molecule has 35 heavy (non-hydrogen) atoms. The molecule has 6 aromatic rings. The first-order valence-corrected chi connectivity index (χ1v) is 13.4. The van der Waals surface area contributed by atoms with Gasteiger partial charge in [-0.2, -0.15) is 0 Å². The van der Waals surface area contributed by atoms with Gasteiger partial charge in [-0.1, -0.05) is 145 Å². The molecule has 0 bridgehead atoms. The Morgan fingerprint density at radius 3 is 1.14 bits per heavy atom. The van der Waals surface area contributed by atoms with Crippen LogP contribution in [0.15, 0.2) is 155 Å². The third kappa shape index (κ3) is 4.48. The molecule has 0 atom stereocenters. The van der Waals surface area contributed by atoms with Crippen LogP contribution in [0.4, 0.5) is 0 Å². The molecule has 0 aliphatic rings. The van der Waals surface area contributed by atoms with Crippen LogP contribution in [0.5, 0.6) is 0 Å². The summed E-state index contributed by atoms with van der Waals surface area (Å²) in [5.74, 6) is 0. The number of hydrogen-bond acceptors (Lipinski definition) is 2. The molecule has 2 heteroatoms. The van der Waals surface area contributed by atoms with E-state index in [1.165, 1.54) is 42.5 Å². The summed E-state index contributed by atoms with van der Waals surface area (Å²) in [7, 11) is 0. The fourth-order valence-corrected chi connectivity index (χ4v) is 7.60. The van der Waals surface area contributed by atoms with E-state index in [1.54, 1.807) is 0 Å². The summed E-state index contributed by atoms with van der Waals surface area (Å²) in [6.07, 6.45) is 0. The molecular weight excluding hydrogens is 460 g/mol. The zero-order valence-corrected chi connectivity index (χ0v) is 20.8. The van der Waals surface area contributed by atoms with Crippen LogP contribution in [0.3, 0.4) is 0 Å². The average molecular weight is 485 g/mol. The fraction of sp³-hybridized carbons (Fsp3) is 0.0303. The summed E-state index contributed by atoms with van der Waals surface area (Å²) in [5, 5.41) is 5.07. The Morgan fingerprint density at radius 1 is 0.343 bits per heavy atom. The molecule has 6 aromatic carbocycles. The summed E-state index contributed by atoms with van der Waals surface area (Å²) < 4.78 is -0.354. The molecule has 0 aliphatic heterocycles. The van der Waals surface area contributed by atoms with Crippen LogP contribution in [0.25, 0.3) is 21.5 Å².